The monoisotopic (exact) mass is 977 g/mol. The Balaban J connectivity index is 1.34. The normalized spacial score (nSPS) is 21.8. The number of methoxy groups -OCH3 is 1. The van der Waals surface area contributed by atoms with E-state index in [1.807, 2.05) is 13.8 Å². The lowest BCUT2D eigenvalue weighted by Crippen LogP contribution is -2.62. The number of hydrogen-bond acceptors (Lipinski definition) is 9. The van der Waals surface area contributed by atoms with E-state index < -0.39 is 95.9 Å². The highest BCUT2D eigenvalue weighted by Crippen LogP contribution is 2.43. The second-order valence-electron chi connectivity index (χ2n) is 19.7. The number of nitrogens with one attached hydrogen (secondary N) is 2. The Bertz CT molecular complexity index is 2690. The van der Waals surface area contributed by atoms with Crippen molar-refractivity contribution in [3.05, 3.63) is 90.0 Å². The summed E-state index contributed by atoms with van der Waals surface area (Å²) in [5.74, 6) is -5.08. The summed E-state index contributed by atoms with van der Waals surface area (Å²) in [5.41, 5.74) is 2.37. The molecule has 2 N–H and O–H groups in total. The summed E-state index contributed by atoms with van der Waals surface area (Å²) in [4.78, 5) is 75.8. The van der Waals surface area contributed by atoms with Gasteiger partial charge in [-0.3, -0.25) is 34.0 Å². The van der Waals surface area contributed by atoms with Crippen molar-refractivity contribution in [3.63, 3.8) is 0 Å². The van der Waals surface area contributed by atoms with Crippen molar-refractivity contribution in [3.8, 4) is 22.4 Å². The van der Waals surface area contributed by atoms with Crippen molar-refractivity contribution in [2.24, 2.45) is 11.3 Å². The van der Waals surface area contributed by atoms with E-state index in [0.717, 1.165) is 15.9 Å². The highest BCUT2D eigenvalue weighted by Gasteiger charge is 2.50. The maximum absolute atomic E-state index is 16.3. The number of carbonyl (C=O) groups excluding carboxylic acids is 5. The van der Waals surface area contributed by atoms with Gasteiger partial charge in [0.15, 0.2) is 0 Å². The molecule has 7 rings (SSSR count). The van der Waals surface area contributed by atoms with Crippen LogP contribution in [-0.2, 0) is 52.8 Å². The Morgan fingerprint density at radius 3 is 2.51 bits per heavy atom. The summed E-state index contributed by atoms with van der Waals surface area (Å²) >= 11 is 0. The number of likely N-dealkylation sites (N-methyl/N-ethyl adjacent to an activating group) is 1. The highest BCUT2D eigenvalue weighted by molar-refractivity contribution is 5.97. The van der Waals surface area contributed by atoms with Gasteiger partial charge in [0.1, 0.15) is 30.5 Å². The van der Waals surface area contributed by atoms with Crippen LogP contribution >= 0.6 is 0 Å². The van der Waals surface area contributed by atoms with Crippen LogP contribution in [0, 0.1) is 17.2 Å². The second kappa shape index (κ2) is 20.3. The number of pyridine rings is 1. The minimum absolute atomic E-state index is 0.0396. The number of carbonyl (C=O) groups is 5. The molecule has 3 aliphatic heterocycles. The van der Waals surface area contributed by atoms with Crippen LogP contribution in [0.3, 0.4) is 0 Å². The smallest absolute Gasteiger partial charge is 0.406 e. The number of likely N-dealkylation sites (tertiary alicyclic amines) is 1. The molecule has 6 bridgehead atoms. The van der Waals surface area contributed by atoms with E-state index in [0.29, 0.717) is 39.8 Å². The fraction of sp³-hybridized carbons (Fsp3) is 0.490. The molecule has 2 aromatic carbocycles. The number of hydrogen-bond donors (Lipinski definition) is 2. The SMILES string of the molecule is C=CC(=O)N1CC[C@](F)(C(=O)N(C)[C@H](C(=O)N[C@H]2Cc3cc(F)cc(c3)-c3ccc4c(c3)c(c(-c3cccnc3[C@H](C)OC)n4CC(F)(F)F)CC(C)(C)COC(=O)[C@@H]3CCCN(N3)C2=O)C(C)C)C1. The molecule has 2 fully saturated rings. The van der Waals surface area contributed by atoms with Gasteiger partial charge in [-0.2, -0.15) is 13.2 Å². The van der Waals surface area contributed by atoms with Crippen molar-refractivity contribution >= 4 is 40.5 Å². The van der Waals surface area contributed by atoms with Gasteiger partial charge in [-0.15, -0.1) is 0 Å². The Morgan fingerprint density at radius 1 is 1.09 bits per heavy atom. The molecule has 0 spiro atoms. The van der Waals surface area contributed by atoms with Gasteiger partial charge in [0.2, 0.25) is 17.5 Å². The number of esters is 1. The number of cyclic esters (lactones) is 1. The number of benzene rings is 2. The predicted octanol–water partition coefficient (Wildman–Crippen LogP) is 7.04. The number of amides is 4. The summed E-state index contributed by atoms with van der Waals surface area (Å²) in [6, 6.07) is 8.48. The van der Waals surface area contributed by atoms with Gasteiger partial charge < -0.3 is 29.2 Å². The van der Waals surface area contributed by atoms with Crippen LogP contribution in [-0.4, -0.2) is 124 Å². The average molecular weight is 978 g/mol. The van der Waals surface area contributed by atoms with Gasteiger partial charge in [-0.1, -0.05) is 46.4 Å². The number of fused-ring (bicyclic) bond motifs is 6. The molecule has 14 nitrogen and oxygen atoms in total. The molecule has 5 heterocycles. The molecule has 19 heteroatoms. The third-order valence-electron chi connectivity index (χ3n) is 13.4. The zero-order valence-corrected chi connectivity index (χ0v) is 40.4. The van der Waals surface area contributed by atoms with E-state index in [4.69, 9.17) is 9.47 Å². The Morgan fingerprint density at radius 2 is 1.83 bits per heavy atom. The number of ether oxygens (including phenoxy) is 2. The van der Waals surface area contributed by atoms with E-state index in [1.165, 1.54) is 42.1 Å². The fourth-order valence-corrected chi connectivity index (χ4v) is 9.95. The summed E-state index contributed by atoms with van der Waals surface area (Å²) in [6.45, 7) is 10.1. The molecule has 2 aromatic heterocycles. The van der Waals surface area contributed by atoms with E-state index >= 15 is 8.78 Å². The summed E-state index contributed by atoms with van der Waals surface area (Å²) in [7, 11) is 2.75. The average Bonchev–Trinajstić information content (AvgIpc) is 3.85. The third kappa shape index (κ3) is 10.9. The Hall–Kier alpha value is -6.21. The van der Waals surface area contributed by atoms with Crippen LogP contribution in [0.4, 0.5) is 22.0 Å². The standard InChI is InChI=1S/C51H60F5N7O7/c1-9-41(64)61-19-16-50(53,26-61)48(68)60(7)43(29(2)3)45(65)58-39-22-31-20-33(23-34(52)21-31)32-14-15-40-36(24-32)37(25-49(5,6)28-70-47(67)38-13-11-18-63(59-38)46(39)66)44(62(40)27-51(54,55)56)35-12-10-17-57-42(35)30(4)69-8/h9-10,12,14-15,17,20-21,23-24,29-30,38-39,43,59H,1,11,13,16,18-19,22,25-28H2,2-8H3,(H,58,65)/t30-,38-,39-,43-,50+/m0/s1. The van der Waals surface area contributed by atoms with Crippen LogP contribution in [0.5, 0.6) is 0 Å². The minimum Gasteiger partial charge on any atom is -0.464 e. The molecule has 4 aromatic rings. The first kappa shape index (κ1) is 51.6. The van der Waals surface area contributed by atoms with Crippen LogP contribution < -0.4 is 10.7 Å². The van der Waals surface area contributed by atoms with Gasteiger partial charge in [-0.05, 0) is 96.8 Å². The molecular formula is C51H60F5N7O7. The summed E-state index contributed by atoms with van der Waals surface area (Å²) < 4.78 is 89.1. The quantitative estimate of drug-likeness (QED) is 0.0968. The number of aromatic nitrogens is 2. The number of hydrazine groups is 1. The molecule has 376 valence electrons. The molecule has 0 saturated carbocycles. The van der Waals surface area contributed by atoms with Crippen molar-refractivity contribution < 1.29 is 55.4 Å². The lowest BCUT2D eigenvalue weighted by atomic mass is 9.84. The minimum atomic E-state index is -4.66. The van der Waals surface area contributed by atoms with Crippen molar-refractivity contribution in [1.82, 2.24) is 35.1 Å². The molecule has 70 heavy (non-hydrogen) atoms. The maximum Gasteiger partial charge on any atom is 0.406 e. The van der Waals surface area contributed by atoms with Gasteiger partial charge in [0.05, 0.1) is 30.6 Å². The van der Waals surface area contributed by atoms with Crippen molar-refractivity contribution in [1.29, 1.82) is 0 Å². The molecule has 3 aliphatic rings. The number of halogens is 5. The Kier molecular flexibility index (Phi) is 14.9. The summed E-state index contributed by atoms with van der Waals surface area (Å²) in [5, 5.41) is 4.40. The van der Waals surface area contributed by atoms with E-state index in [1.54, 1.807) is 57.2 Å². The topological polar surface area (TPSA) is 155 Å². The van der Waals surface area contributed by atoms with Crippen LogP contribution in [0.2, 0.25) is 0 Å². The fourth-order valence-electron chi connectivity index (χ4n) is 9.95. The first-order valence-electron chi connectivity index (χ1n) is 23.4. The zero-order valence-electron chi connectivity index (χ0n) is 40.4. The number of alkyl halides is 4. The Labute approximate surface area is 403 Å². The first-order chi connectivity index (χ1) is 32.9. The van der Waals surface area contributed by atoms with Crippen molar-refractivity contribution in [2.45, 2.75) is 109 Å². The predicted molar refractivity (Wildman–Crippen MR) is 251 cm³/mol. The van der Waals surface area contributed by atoms with Crippen molar-refractivity contribution in [2.75, 3.05) is 40.4 Å². The maximum atomic E-state index is 16.3. The van der Waals surface area contributed by atoms with E-state index in [-0.39, 0.29) is 62.2 Å². The molecule has 5 atom stereocenters. The third-order valence-corrected chi connectivity index (χ3v) is 13.4. The van der Waals surface area contributed by atoms with Gasteiger partial charge >= 0.3 is 12.1 Å². The molecule has 0 unspecified atom stereocenters. The zero-order chi connectivity index (χ0) is 51.0. The summed E-state index contributed by atoms with van der Waals surface area (Å²) in [6.07, 6.45) is -2.58. The van der Waals surface area contributed by atoms with E-state index in [2.05, 4.69) is 22.3 Å². The lowest BCUT2D eigenvalue weighted by molar-refractivity contribution is -0.155. The first-order valence-corrected chi connectivity index (χ1v) is 23.4. The van der Waals surface area contributed by atoms with Gasteiger partial charge in [0.25, 0.3) is 11.8 Å². The molecular weight excluding hydrogens is 918 g/mol. The van der Waals surface area contributed by atoms with Crippen LogP contribution in [0.1, 0.15) is 76.8 Å². The molecule has 0 aliphatic carbocycles. The van der Waals surface area contributed by atoms with Crippen LogP contribution in [0.25, 0.3) is 33.3 Å². The van der Waals surface area contributed by atoms with Crippen LogP contribution in [0.15, 0.2) is 67.4 Å². The molecule has 2 saturated heterocycles. The largest absolute Gasteiger partial charge is 0.464 e. The highest BCUT2D eigenvalue weighted by atomic mass is 19.4. The number of nitrogens with zero attached hydrogens (tertiary/aromatic N) is 5. The molecule has 0 radical (unpaired) electrons. The van der Waals surface area contributed by atoms with E-state index in [9.17, 15) is 37.1 Å². The lowest BCUT2D eigenvalue weighted by Gasteiger charge is -2.37. The van der Waals surface area contributed by atoms with Gasteiger partial charge in [0, 0.05) is 68.2 Å². The molecule has 4 amide bonds. The van der Waals surface area contributed by atoms with Gasteiger partial charge in [-0.25, -0.2) is 14.2 Å². The number of rotatable bonds is 10. The second-order valence-corrected chi connectivity index (χ2v) is 19.7.